The molecule has 0 saturated carbocycles. The van der Waals surface area contributed by atoms with Gasteiger partial charge in [0.05, 0.1) is 5.92 Å². The number of aliphatic carboxylic acids is 1. The SMILES string of the molecule is CC(C)CN1C(=O)[C@@H](C)[C@@]1(Cc1ccccc1)C(=O)O. The second-order valence-electron chi connectivity index (χ2n) is 5.96. The summed E-state index contributed by atoms with van der Waals surface area (Å²) in [6, 6.07) is 9.51. The summed E-state index contributed by atoms with van der Waals surface area (Å²) in [7, 11) is 0. The molecule has 1 aliphatic rings. The lowest BCUT2D eigenvalue weighted by molar-refractivity contribution is -0.187. The van der Waals surface area contributed by atoms with E-state index in [0.717, 1.165) is 5.56 Å². The number of carbonyl (C=O) groups is 2. The molecule has 0 aromatic heterocycles. The van der Waals surface area contributed by atoms with Crippen molar-refractivity contribution in [3.05, 3.63) is 35.9 Å². The van der Waals surface area contributed by atoms with Crippen molar-refractivity contribution in [2.75, 3.05) is 6.54 Å². The van der Waals surface area contributed by atoms with Gasteiger partial charge in [-0.05, 0) is 11.5 Å². The van der Waals surface area contributed by atoms with Crippen LogP contribution in [0.3, 0.4) is 0 Å². The topological polar surface area (TPSA) is 57.6 Å². The maximum absolute atomic E-state index is 12.1. The lowest BCUT2D eigenvalue weighted by Gasteiger charge is -2.54. The maximum Gasteiger partial charge on any atom is 0.330 e. The molecular weight excluding hydrogens is 254 g/mol. The number of β-lactam (4-membered cyclic amide) rings is 1. The summed E-state index contributed by atoms with van der Waals surface area (Å²) in [5, 5.41) is 9.72. The lowest BCUT2D eigenvalue weighted by atomic mass is 9.70. The van der Waals surface area contributed by atoms with E-state index in [1.807, 2.05) is 44.2 Å². The summed E-state index contributed by atoms with van der Waals surface area (Å²) >= 11 is 0. The number of hydrogen-bond donors (Lipinski definition) is 1. The predicted octanol–water partition coefficient (Wildman–Crippen LogP) is 2.19. The van der Waals surface area contributed by atoms with Crippen molar-refractivity contribution in [3.8, 4) is 0 Å². The fourth-order valence-electron chi connectivity index (χ4n) is 2.95. The summed E-state index contributed by atoms with van der Waals surface area (Å²) in [5.74, 6) is -1.19. The van der Waals surface area contributed by atoms with Crippen molar-refractivity contribution in [2.24, 2.45) is 11.8 Å². The van der Waals surface area contributed by atoms with Gasteiger partial charge in [0.1, 0.15) is 0 Å². The third-order valence-electron chi connectivity index (χ3n) is 4.07. The average molecular weight is 275 g/mol. The number of likely N-dealkylation sites (tertiary alicyclic amines) is 1. The number of hydrogen-bond acceptors (Lipinski definition) is 2. The molecule has 0 unspecified atom stereocenters. The highest BCUT2D eigenvalue weighted by molar-refractivity contribution is 6.00. The van der Waals surface area contributed by atoms with Gasteiger partial charge in [-0.2, -0.15) is 0 Å². The zero-order valence-corrected chi connectivity index (χ0v) is 12.2. The summed E-state index contributed by atoms with van der Waals surface area (Å²) < 4.78 is 0. The van der Waals surface area contributed by atoms with Crippen LogP contribution in [0.5, 0.6) is 0 Å². The third kappa shape index (κ3) is 2.19. The van der Waals surface area contributed by atoms with E-state index in [9.17, 15) is 14.7 Å². The molecule has 0 bridgehead atoms. The largest absolute Gasteiger partial charge is 0.479 e. The van der Waals surface area contributed by atoms with Gasteiger partial charge in [-0.25, -0.2) is 4.79 Å². The molecule has 2 atom stereocenters. The van der Waals surface area contributed by atoms with E-state index < -0.39 is 17.4 Å². The molecule has 1 saturated heterocycles. The van der Waals surface area contributed by atoms with Crippen LogP contribution in [0.2, 0.25) is 0 Å². The molecule has 2 rings (SSSR count). The van der Waals surface area contributed by atoms with Crippen LogP contribution < -0.4 is 0 Å². The Morgan fingerprint density at radius 2 is 1.95 bits per heavy atom. The molecule has 1 amide bonds. The molecule has 0 spiro atoms. The molecule has 4 heteroatoms. The Morgan fingerprint density at radius 1 is 1.35 bits per heavy atom. The Bertz CT molecular complexity index is 512. The molecular formula is C16H21NO3. The zero-order valence-electron chi connectivity index (χ0n) is 12.2. The first-order chi connectivity index (χ1) is 9.39. The van der Waals surface area contributed by atoms with E-state index >= 15 is 0 Å². The molecule has 1 heterocycles. The van der Waals surface area contributed by atoms with Crippen molar-refractivity contribution in [3.63, 3.8) is 0 Å². The van der Waals surface area contributed by atoms with Crippen LogP contribution in [0.15, 0.2) is 30.3 Å². The fourth-order valence-corrected chi connectivity index (χ4v) is 2.95. The third-order valence-corrected chi connectivity index (χ3v) is 4.07. The highest BCUT2D eigenvalue weighted by atomic mass is 16.4. The van der Waals surface area contributed by atoms with E-state index in [-0.39, 0.29) is 11.8 Å². The number of nitrogens with zero attached hydrogens (tertiary/aromatic N) is 1. The molecule has 0 aliphatic carbocycles. The minimum Gasteiger partial charge on any atom is -0.479 e. The fraction of sp³-hybridized carbons (Fsp3) is 0.500. The number of carboxylic acids is 1. The number of carboxylic acid groups (broad SMARTS) is 1. The number of rotatable bonds is 5. The van der Waals surface area contributed by atoms with Gasteiger partial charge in [-0.1, -0.05) is 51.1 Å². The van der Waals surface area contributed by atoms with Crippen LogP contribution in [-0.2, 0) is 16.0 Å². The van der Waals surface area contributed by atoms with E-state index in [0.29, 0.717) is 13.0 Å². The van der Waals surface area contributed by atoms with E-state index in [4.69, 9.17) is 0 Å². The standard InChI is InChI=1S/C16H21NO3/c1-11(2)10-17-14(18)12(3)16(17,15(19)20)9-13-7-5-4-6-8-13/h4-8,11-12H,9-10H2,1-3H3,(H,19,20)/t12-,16+/m1/s1. The molecule has 1 aliphatic heterocycles. The molecule has 1 aromatic rings. The Hall–Kier alpha value is -1.84. The normalized spacial score (nSPS) is 25.7. The van der Waals surface area contributed by atoms with Gasteiger partial charge in [0.25, 0.3) is 0 Å². The first kappa shape index (κ1) is 14.6. The van der Waals surface area contributed by atoms with Crippen molar-refractivity contribution >= 4 is 11.9 Å². The summed E-state index contributed by atoms with van der Waals surface area (Å²) in [6.45, 7) is 6.19. The molecule has 4 nitrogen and oxygen atoms in total. The average Bonchev–Trinajstić information content (AvgIpc) is 2.42. The van der Waals surface area contributed by atoms with Crippen molar-refractivity contribution in [1.82, 2.24) is 4.90 Å². The minimum atomic E-state index is -1.09. The summed E-state index contributed by atoms with van der Waals surface area (Å²) in [4.78, 5) is 25.5. The highest BCUT2D eigenvalue weighted by Gasteiger charge is 2.62. The lowest BCUT2D eigenvalue weighted by Crippen LogP contribution is -2.75. The maximum atomic E-state index is 12.1. The zero-order chi connectivity index (χ0) is 14.9. The van der Waals surface area contributed by atoms with Gasteiger partial charge < -0.3 is 10.0 Å². The van der Waals surface area contributed by atoms with Crippen LogP contribution in [0, 0.1) is 11.8 Å². The molecule has 108 valence electrons. The second kappa shape index (κ2) is 5.27. The van der Waals surface area contributed by atoms with Crippen molar-refractivity contribution in [1.29, 1.82) is 0 Å². The summed E-state index contributed by atoms with van der Waals surface area (Å²) in [6.07, 6.45) is 0.364. The van der Waals surface area contributed by atoms with Gasteiger partial charge >= 0.3 is 5.97 Å². The van der Waals surface area contributed by atoms with Crippen LogP contribution in [0.4, 0.5) is 0 Å². The van der Waals surface area contributed by atoms with Crippen LogP contribution >= 0.6 is 0 Å². The van der Waals surface area contributed by atoms with E-state index in [1.54, 1.807) is 6.92 Å². The molecule has 0 radical (unpaired) electrons. The first-order valence-electron chi connectivity index (χ1n) is 6.98. The monoisotopic (exact) mass is 275 g/mol. The van der Waals surface area contributed by atoms with Crippen LogP contribution in [-0.4, -0.2) is 34.0 Å². The van der Waals surface area contributed by atoms with Crippen molar-refractivity contribution in [2.45, 2.75) is 32.7 Å². The number of carbonyl (C=O) groups excluding carboxylic acids is 1. The molecule has 1 N–H and O–H groups in total. The van der Waals surface area contributed by atoms with E-state index in [1.165, 1.54) is 4.90 Å². The Labute approximate surface area is 119 Å². The minimum absolute atomic E-state index is 0.0583. The van der Waals surface area contributed by atoms with E-state index in [2.05, 4.69) is 0 Å². The van der Waals surface area contributed by atoms with Gasteiger partial charge in [-0.3, -0.25) is 4.79 Å². The van der Waals surface area contributed by atoms with Crippen LogP contribution in [0.1, 0.15) is 26.3 Å². The predicted molar refractivity (Wildman–Crippen MR) is 76.2 cm³/mol. The van der Waals surface area contributed by atoms with Gasteiger partial charge in [-0.15, -0.1) is 0 Å². The second-order valence-corrected chi connectivity index (χ2v) is 5.96. The Morgan fingerprint density at radius 3 is 2.45 bits per heavy atom. The van der Waals surface area contributed by atoms with Gasteiger partial charge in [0, 0.05) is 13.0 Å². The highest BCUT2D eigenvalue weighted by Crippen LogP contribution is 2.41. The van der Waals surface area contributed by atoms with Gasteiger partial charge in [0.2, 0.25) is 5.91 Å². The summed E-state index contributed by atoms with van der Waals surface area (Å²) in [5.41, 5.74) is -0.147. The molecule has 20 heavy (non-hydrogen) atoms. The number of benzene rings is 1. The quantitative estimate of drug-likeness (QED) is 0.838. The smallest absolute Gasteiger partial charge is 0.330 e. The Balaban J connectivity index is 2.33. The van der Waals surface area contributed by atoms with Gasteiger partial charge in [0.15, 0.2) is 5.54 Å². The van der Waals surface area contributed by atoms with Crippen molar-refractivity contribution < 1.29 is 14.7 Å². The Kier molecular flexibility index (Phi) is 3.84. The molecule has 1 fully saturated rings. The van der Waals surface area contributed by atoms with Crippen LogP contribution in [0.25, 0.3) is 0 Å². The molecule has 1 aromatic carbocycles. The number of amides is 1. The first-order valence-corrected chi connectivity index (χ1v) is 6.98.